The highest BCUT2D eigenvalue weighted by Crippen LogP contribution is 2.25. The maximum atomic E-state index is 5.90. The molecule has 0 atom stereocenters. The Bertz CT molecular complexity index is 535. The smallest absolute Gasteiger partial charge is 0.123 e. The maximum Gasteiger partial charge on any atom is 0.123 e. The third-order valence-electron chi connectivity index (χ3n) is 3.13. The summed E-state index contributed by atoms with van der Waals surface area (Å²) in [4.78, 5) is 7.08. The predicted octanol–water partition coefficient (Wildman–Crippen LogP) is 3.30. The lowest BCUT2D eigenvalue weighted by Crippen LogP contribution is -2.35. The van der Waals surface area contributed by atoms with Crippen LogP contribution in [0, 0.1) is 0 Å². The molecule has 2 aromatic rings. The monoisotopic (exact) mass is 294 g/mol. The predicted molar refractivity (Wildman–Crippen MR) is 78.7 cm³/mol. The molecular weight excluding hydrogens is 280 g/mol. The Kier molecular flexibility index (Phi) is 4.13. The molecule has 3 rings (SSSR count). The van der Waals surface area contributed by atoms with Crippen LogP contribution in [0.3, 0.4) is 0 Å². The second kappa shape index (κ2) is 6.01. The van der Waals surface area contributed by atoms with Crippen molar-refractivity contribution in [3.8, 4) is 10.6 Å². The lowest BCUT2D eigenvalue weighted by atomic mass is 10.2. The van der Waals surface area contributed by atoms with Gasteiger partial charge in [0.1, 0.15) is 5.01 Å². The van der Waals surface area contributed by atoms with Crippen LogP contribution in [-0.4, -0.2) is 36.2 Å². The molecule has 0 radical (unpaired) electrons. The highest BCUT2D eigenvalue weighted by molar-refractivity contribution is 7.13. The van der Waals surface area contributed by atoms with E-state index in [1.54, 1.807) is 11.3 Å². The summed E-state index contributed by atoms with van der Waals surface area (Å²) >= 11 is 7.58. The molecule has 0 unspecified atom stereocenters. The summed E-state index contributed by atoms with van der Waals surface area (Å²) in [7, 11) is 0. The lowest BCUT2D eigenvalue weighted by molar-refractivity contribution is 0.0337. The SMILES string of the molecule is Clc1ccc(-c2nc(CN3CCOCC3)cs2)cc1. The van der Waals surface area contributed by atoms with Gasteiger partial charge in [-0.3, -0.25) is 4.90 Å². The first-order valence-corrected chi connectivity index (χ1v) is 7.57. The van der Waals surface area contributed by atoms with Crippen LogP contribution < -0.4 is 0 Å². The minimum atomic E-state index is 0.758. The number of thiazole rings is 1. The average molecular weight is 295 g/mol. The maximum absolute atomic E-state index is 5.90. The van der Waals surface area contributed by atoms with E-state index >= 15 is 0 Å². The van der Waals surface area contributed by atoms with Crippen LogP contribution in [0.5, 0.6) is 0 Å². The number of morpholine rings is 1. The second-order valence-electron chi connectivity index (χ2n) is 4.54. The largest absolute Gasteiger partial charge is 0.379 e. The number of rotatable bonds is 3. The number of halogens is 1. The Labute approximate surface area is 121 Å². The van der Waals surface area contributed by atoms with Crippen molar-refractivity contribution in [2.75, 3.05) is 26.3 Å². The molecule has 0 aliphatic carbocycles. The molecule has 3 nitrogen and oxygen atoms in total. The average Bonchev–Trinajstić information content (AvgIpc) is 2.89. The van der Waals surface area contributed by atoms with Crippen LogP contribution in [0.1, 0.15) is 5.69 Å². The number of aromatic nitrogens is 1. The van der Waals surface area contributed by atoms with Gasteiger partial charge in [0.05, 0.1) is 18.9 Å². The van der Waals surface area contributed by atoms with E-state index in [-0.39, 0.29) is 0 Å². The van der Waals surface area contributed by atoms with Crippen LogP contribution in [-0.2, 0) is 11.3 Å². The van der Waals surface area contributed by atoms with Crippen LogP contribution in [0.15, 0.2) is 29.6 Å². The molecule has 1 saturated heterocycles. The standard InChI is InChI=1S/C14H15ClN2OS/c15-12-3-1-11(2-4-12)14-16-13(10-19-14)9-17-5-7-18-8-6-17/h1-4,10H,5-9H2. The summed E-state index contributed by atoms with van der Waals surface area (Å²) in [5, 5.41) is 3.95. The van der Waals surface area contributed by atoms with Crippen molar-refractivity contribution >= 4 is 22.9 Å². The van der Waals surface area contributed by atoms with E-state index in [1.165, 1.54) is 0 Å². The summed E-state index contributed by atoms with van der Waals surface area (Å²) in [6.07, 6.45) is 0. The van der Waals surface area contributed by atoms with E-state index in [1.807, 2.05) is 24.3 Å². The van der Waals surface area contributed by atoms with Crippen LogP contribution in [0.2, 0.25) is 5.02 Å². The van der Waals surface area contributed by atoms with Gasteiger partial charge in [-0.1, -0.05) is 23.7 Å². The summed E-state index contributed by atoms with van der Waals surface area (Å²) in [5.41, 5.74) is 2.26. The molecule has 1 fully saturated rings. The molecule has 1 aromatic carbocycles. The van der Waals surface area contributed by atoms with E-state index in [0.29, 0.717) is 0 Å². The van der Waals surface area contributed by atoms with Crippen molar-refractivity contribution in [2.45, 2.75) is 6.54 Å². The first kappa shape index (κ1) is 13.1. The molecule has 1 aromatic heterocycles. The molecule has 19 heavy (non-hydrogen) atoms. The highest BCUT2D eigenvalue weighted by Gasteiger charge is 2.13. The van der Waals surface area contributed by atoms with Gasteiger partial charge in [0.15, 0.2) is 0 Å². The van der Waals surface area contributed by atoms with Crippen molar-refractivity contribution in [1.29, 1.82) is 0 Å². The zero-order valence-electron chi connectivity index (χ0n) is 10.5. The zero-order chi connectivity index (χ0) is 13.1. The van der Waals surface area contributed by atoms with Gasteiger partial charge < -0.3 is 4.74 Å². The van der Waals surface area contributed by atoms with Crippen LogP contribution in [0.25, 0.3) is 10.6 Å². The topological polar surface area (TPSA) is 25.4 Å². The van der Waals surface area contributed by atoms with Crippen LogP contribution in [0.4, 0.5) is 0 Å². The third-order valence-corrected chi connectivity index (χ3v) is 4.32. The molecule has 0 N–H and O–H groups in total. The van der Waals surface area contributed by atoms with Crippen molar-refractivity contribution in [1.82, 2.24) is 9.88 Å². The molecule has 0 amide bonds. The van der Waals surface area contributed by atoms with Crippen molar-refractivity contribution < 1.29 is 4.74 Å². The number of hydrogen-bond donors (Lipinski definition) is 0. The Balaban J connectivity index is 1.70. The highest BCUT2D eigenvalue weighted by atomic mass is 35.5. The van der Waals surface area contributed by atoms with E-state index in [4.69, 9.17) is 21.3 Å². The summed E-state index contributed by atoms with van der Waals surface area (Å²) in [6, 6.07) is 7.83. The summed E-state index contributed by atoms with van der Waals surface area (Å²) in [6.45, 7) is 4.55. The molecule has 100 valence electrons. The lowest BCUT2D eigenvalue weighted by Gasteiger charge is -2.25. The number of benzene rings is 1. The molecular formula is C14H15ClN2OS. The van der Waals surface area contributed by atoms with Crippen molar-refractivity contribution in [2.24, 2.45) is 0 Å². The van der Waals surface area contributed by atoms with Gasteiger partial charge in [-0.05, 0) is 12.1 Å². The van der Waals surface area contributed by atoms with Crippen molar-refractivity contribution in [3.05, 3.63) is 40.4 Å². The Morgan fingerprint density at radius 1 is 1.21 bits per heavy atom. The van der Waals surface area contributed by atoms with Gasteiger partial charge in [0.25, 0.3) is 0 Å². The summed E-state index contributed by atoms with van der Waals surface area (Å²) < 4.78 is 5.35. The number of nitrogens with zero attached hydrogens (tertiary/aromatic N) is 2. The fourth-order valence-corrected chi connectivity index (χ4v) is 3.04. The van der Waals surface area contributed by atoms with Crippen molar-refractivity contribution in [3.63, 3.8) is 0 Å². The molecule has 0 saturated carbocycles. The second-order valence-corrected chi connectivity index (χ2v) is 5.83. The van der Waals surface area contributed by atoms with E-state index in [9.17, 15) is 0 Å². The summed E-state index contributed by atoms with van der Waals surface area (Å²) in [5.74, 6) is 0. The van der Waals surface area contributed by atoms with Gasteiger partial charge in [0, 0.05) is 35.6 Å². The van der Waals surface area contributed by atoms with Gasteiger partial charge in [0.2, 0.25) is 0 Å². The minimum Gasteiger partial charge on any atom is -0.379 e. The fourth-order valence-electron chi connectivity index (χ4n) is 2.09. The van der Waals surface area contributed by atoms with Crippen LogP contribution >= 0.6 is 22.9 Å². The zero-order valence-corrected chi connectivity index (χ0v) is 12.1. The molecule has 5 heteroatoms. The quantitative estimate of drug-likeness (QED) is 0.868. The first-order chi connectivity index (χ1) is 9.31. The molecule has 0 spiro atoms. The normalized spacial score (nSPS) is 16.7. The van der Waals surface area contributed by atoms with Gasteiger partial charge in [-0.25, -0.2) is 4.98 Å². The van der Waals surface area contributed by atoms with Gasteiger partial charge in [-0.2, -0.15) is 0 Å². The molecule has 0 bridgehead atoms. The van der Waals surface area contributed by atoms with Gasteiger partial charge >= 0.3 is 0 Å². The fraction of sp³-hybridized carbons (Fsp3) is 0.357. The third kappa shape index (κ3) is 3.34. The molecule has 1 aliphatic heterocycles. The van der Waals surface area contributed by atoms with E-state index in [0.717, 1.165) is 54.1 Å². The number of ether oxygens (including phenoxy) is 1. The van der Waals surface area contributed by atoms with E-state index in [2.05, 4.69) is 10.3 Å². The van der Waals surface area contributed by atoms with Gasteiger partial charge in [-0.15, -0.1) is 11.3 Å². The molecule has 1 aliphatic rings. The Morgan fingerprint density at radius 2 is 1.95 bits per heavy atom. The van der Waals surface area contributed by atoms with E-state index < -0.39 is 0 Å². The Morgan fingerprint density at radius 3 is 2.68 bits per heavy atom. The molecule has 2 heterocycles. The minimum absolute atomic E-state index is 0.758. The Hall–Kier alpha value is -0.940. The first-order valence-electron chi connectivity index (χ1n) is 6.32. The number of hydrogen-bond acceptors (Lipinski definition) is 4.